The van der Waals surface area contributed by atoms with Gasteiger partial charge in [-0.05, 0) is 54.7 Å². The minimum Gasteiger partial charge on any atom is -0.0804 e. The summed E-state index contributed by atoms with van der Waals surface area (Å²) >= 11 is 0. The molecule has 0 N–H and O–H groups in total. The average Bonchev–Trinajstić information content (AvgIpc) is 2.69. The highest BCUT2D eigenvalue weighted by Crippen LogP contribution is 2.33. The number of allylic oxidation sites excluding steroid dienone is 2. The van der Waals surface area contributed by atoms with Gasteiger partial charge in [0.2, 0.25) is 0 Å². The molecule has 2 rings (SSSR count). The van der Waals surface area contributed by atoms with Crippen LogP contribution in [0.15, 0.2) is 30.3 Å². The van der Waals surface area contributed by atoms with Crippen molar-refractivity contribution in [1.29, 1.82) is 0 Å². The van der Waals surface area contributed by atoms with Crippen molar-refractivity contribution in [2.24, 2.45) is 5.92 Å². The van der Waals surface area contributed by atoms with E-state index in [1.165, 1.54) is 107 Å². The quantitative estimate of drug-likeness (QED) is 0.310. The van der Waals surface area contributed by atoms with Gasteiger partial charge < -0.3 is 0 Å². The van der Waals surface area contributed by atoms with Crippen molar-refractivity contribution in [2.75, 3.05) is 0 Å². The summed E-state index contributed by atoms with van der Waals surface area (Å²) in [5.74, 6) is 0.947. The van der Waals surface area contributed by atoms with Crippen LogP contribution in [0, 0.1) is 5.92 Å². The van der Waals surface area contributed by atoms with Crippen LogP contribution >= 0.6 is 0 Å². The second-order valence-corrected chi connectivity index (χ2v) is 8.43. The first kappa shape index (κ1) is 21.3. The van der Waals surface area contributed by atoms with E-state index in [2.05, 4.69) is 44.2 Å². The highest BCUT2D eigenvalue weighted by Gasteiger charge is 2.15. The zero-order chi connectivity index (χ0) is 18.5. The van der Waals surface area contributed by atoms with Crippen LogP contribution in [0.2, 0.25) is 0 Å². The zero-order valence-electron chi connectivity index (χ0n) is 17.6. The average molecular weight is 355 g/mol. The number of unbranched alkanes of at least 4 members (excludes halogenated alkanes) is 8. The van der Waals surface area contributed by atoms with E-state index in [0.717, 1.165) is 5.92 Å². The van der Waals surface area contributed by atoms with Crippen LogP contribution in [0.5, 0.6) is 0 Å². The predicted molar refractivity (Wildman–Crippen MR) is 118 cm³/mol. The molecule has 146 valence electrons. The van der Waals surface area contributed by atoms with E-state index >= 15 is 0 Å². The van der Waals surface area contributed by atoms with E-state index in [-0.39, 0.29) is 0 Å². The largest absolute Gasteiger partial charge is 0.0804 e. The van der Waals surface area contributed by atoms with E-state index in [9.17, 15) is 0 Å². The third kappa shape index (κ3) is 8.11. The lowest BCUT2D eigenvalue weighted by atomic mass is 9.83. The lowest BCUT2D eigenvalue weighted by Crippen LogP contribution is -2.05. The molecule has 1 aromatic carbocycles. The molecule has 1 aromatic rings. The van der Waals surface area contributed by atoms with Gasteiger partial charge in [0.1, 0.15) is 0 Å². The molecule has 1 aliphatic carbocycles. The molecule has 0 aromatic heterocycles. The van der Waals surface area contributed by atoms with Gasteiger partial charge in [0.15, 0.2) is 0 Å². The number of aryl methyl sites for hydroxylation is 1. The van der Waals surface area contributed by atoms with E-state index < -0.39 is 0 Å². The monoisotopic (exact) mass is 354 g/mol. The van der Waals surface area contributed by atoms with Crippen molar-refractivity contribution in [3.63, 3.8) is 0 Å². The molecular weight excluding hydrogens is 312 g/mol. The van der Waals surface area contributed by atoms with Crippen molar-refractivity contribution in [2.45, 2.75) is 110 Å². The smallest absolute Gasteiger partial charge is 0.0228 e. The summed E-state index contributed by atoms with van der Waals surface area (Å²) in [5, 5.41) is 0. The molecule has 0 saturated heterocycles. The Morgan fingerprint density at radius 2 is 1.42 bits per heavy atom. The van der Waals surface area contributed by atoms with Gasteiger partial charge in [-0.2, -0.15) is 0 Å². The van der Waals surface area contributed by atoms with Gasteiger partial charge in [0.25, 0.3) is 0 Å². The summed E-state index contributed by atoms with van der Waals surface area (Å²) in [7, 11) is 0. The van der Waals surface area contributed by atoms with Crippen LogP contribution in [-0.2, 0) is 6.42 Å². The minimum atomic E-state index is 0.947. The molecule has 0 heterocycles. The highest BCUT2D eigenvalue weighted by atomic mass is 14.2. The molecular formula is C26H42. The van der Waals surface area contributed by atoms with Crippen molar-refractivity contribution in [1.82, 2.24) is 0 Å². The van der Waals surface area contributed by atoms with Crippen LogP contribution in [0.25, 0.3) is 5.57 Å². The van der Waals surface area contributed by atoms with E-state index in [4.69, 9.17) is 0 Å². The number of hydrogen-bond donors (Lipinski definition) is 0. The Bertz CT molecular complexity index is 493. The number of rotatable bonds is 13. The topological polar surface area (TPSA) is 0 Å². The molecule has 0 radical (unpaired) electrons. The first-order valence-corrected chi connectivity index (χ1v) is 11.6. The Labute approximate surface area is 163 Å². The lowest BCUT2D eigenvalue weighted by molar-refractivity contribution is 0.423. The Balaban J connectivity index is 1.69. The van der Waals surface area contributed by atoms with E-state index in [1.54, 1.807) is 5.57 Å². The van der Waals surface area contributed by atoms with Gasteiger partial charge in [-0.15, -0.1) is 0 Å². The van der Waals surface area contributed by atoms with Gasteiger partial charge in [-0.25, -0.2) is 0 Å². The van der Waals surface area contributed by atoms with Gasteiger partial charge in [0.05, 0.1) is 0 Å². The minimum absolute atomic E-state index is 0.947. The van der Waals surface area contributed by atoms with Crippen molar-refractivity contribution in [3.05, 3.63) is 41.5 Å². The summed E-state index contributed by atoms with van der Waals surface area (Å²) < 4.78 is 0. The van der Waals surface area contributed by atoms with E-state index in [0.29, 0.717) is 0 Å². The lowest BCUT2D eigenvalue weighted by Gasteiger charge is -2.22. The van der Waals surface area contributed by atoms with Crippen molar-refractivity contribution >= 4 is 5.57 Å². The third-order valence-electron chi connectivity index (χ3n) is 6.13. The fourth-order valence-electron chi connectivity index (χ4n) is 4.27. The molecule has 0 fully saturated rings. The number of benzene rings is 1. The van der Waals surface area contributed by atoms with Crippen molar-refractivity contribution in [3.8, 4) is 0 Å². The molecule has 26 heavy (non-hydrogen) atoms. The van der Waals surface area contributed by atoms with Crippen LogP contribution in [0.3, 0.4) is 0 Å². The summed E-state index contributed by atoms with van der Waals surface area (Å²) in [4.78, 5) is 0. The van der Waals surface area contributed by atoms with Crippen LogP contribution < -0.4 is 0 Å². The Kier molecular flexibility index (Phi) is 10.8. The van der Waals surface area contributed by atoms with Gasteiger partial charge in [-0.3, -0.25) is 0 Å². The molecule has 0 saturated carbocycles. The first-order chi connectivity index (χ1) is 12.8. The zero-order valence-corrected chi connectivity index (χ0v) is 17.6. The molecule has 1 aliphatic rings. The summed E-state index contributed by atoms with van der Waals surface area (Å²) in [6.07, 6.45) is 23.2. The van der Waals surface area contributed by atoms with Crippen molar-refractivity contribution < 1.29 is 0 Å². The number of hydrogen-bond acceptors (Lipinski definition) is 0. The summed E-state index contributed by atoms with van der Waals surface area (Å²) in [6, 6.07) is 9.49. The van der Waals surface area contributed by atoms with Crippen LogP contribution in [0.4, 0.5) is 0 Å². The summed E-state index contributed by atoms with van der Waals surface area (Å²) in [5.41, 5.74) is 4.59. The first-order valence-electron chi connectivity index (χ1n) is 11.6. The molecule has 0 amide bonds. The fraction of sp³-hybridized carbons (Fsp3) is 0.692. The van der Waals surface area contributed by atoms with Gasteiger partial charge in [0, 0.05) is 0 Å². The Morgan fingerprint density at radius 1 is 0.769 bits per heavy atom. The maximum absolute atomic E-state index is 2.54. The van der Waals surface area contributed by atoms with Gasteiger partial charge >= 0.3 is 0 Å². The molecule has 0 bridgehead atoms. The second-order valence-electron chi connectivity index (χ2n) is 8.43. The van der Waals surface area contributed by atoms with E-state index in [1.807, 2.05) is 0 Å². The third-order valence-corrected chi connectivity index (χ3v) is 6.13. The predicted octanol–water partition coefficient (Wildman–Crippen LogP) is 8.74. The maximum Gasteiger partial charge on any atom is -0.0228 e. The Hall–Kier alpha value is -1.04. The van der Waals surface area contributed by atoms with Crippen LogP contribution in [0.1, 0.15) is 115 Å². The maximum atomic E-state index is 2.54. The normalized spacial score (nSPS) is 17.3. The Morgan fingerprint density at radius 3 is 2.04 bits per heavy atom. The van der Waals surface area contributed by atoms with Crippen LogP contribution in [-0.4, -0.2) is 0 Å². The van der Waals surface area contributed by atoms with Gasteiger partial charge in [-0.1, -0.05) is 108 Å². The molecule has 0 aliphatic heterocycles. The molecule has 1 unspecified atom stereocenters. The summed E-state index contributed by atoms with van der Waals surface area (Å²) in [6.45, 7) is 4.59. The highest BCUT2D eigenvalue weighted by molar-refractivity contribution is 5.66. The second kappa shape index (κ2) is 13.2. The molecule has 0 nitrogen and oxygen atoms in total. The standard InChI is InChI=1S/C26H42/c1-3-5-7-9-11-13-23-15-19-25(20-16-23)26-21-17-24(18-22-26)14-12-10-8-6-4-2/h15-16,19-21,24H,3-14,17-18,22H2,1-2H3. The SMILES string of the molecule is CCCCCCCc1ccc(C2=CCC(CCCCCCC)CC2)cc1. The molecule has 0 heteroatoms. The molecule has 1 atom stereocenters. The molecule has 0 spiro atoms. The fourth-order valence-corrected chi connectivity index (χ4v) is 4.27.